The fourth-order valence-corrected chi connectivity index (χ4v) is 4.88. The van der Waals surface area contributed by atoms with E-state index in [1.54, 1.807) is 0 Å². The van der Waals surface area contributed by atoms with Gasteiger partial charge in [0.2, 0.25) is 0 Å². The van der Waals surface area contributed by atoms with Gasteiger partial charge in [-0.15, -0.1) is 5.10 Å². The van der Waals surface area contributed by atoms with Crippen LogP contribution in [0.4, 0.5) is 0 Å². The summed E-state index contributed by atoms with van der Waals surface area (Å²) in [5.41, 5.74) is 3.64. The number of fused-ring (bicyclic) bond motifs is 1. The van der Waals surface area contributed by atoms with Crippen molar-refractivity contribution in [3.8, 4) is 0 Å². The van der Waals surface area contributed by atoms with Crippen LogP contribution in [0.15, 0.2) is 66.9 Å². The maximum Gasteiger partial charge on any atom is 0.110 e. The number of benzene rings is 2. The first-order valence-corrected chi connectivity index (χ1v) is 11.9. The van der Waals surface area contributed by atoms with Crippen molar-refractivity contribution in [1.29, 1.82) is 0 Å². The Hall–Kier alpha value is -2.58. The zero-order valence-electron chi connectivity index (χ0n) is 19.2. The summed E-state index contributed by atoms with van der Waals surface area (Å²) < 4.78 is 14.2. The Balaban J connectivity index is 1.10. The van der Waals surface area contributed by atoms with Crippen molar-refractivity contribution in [3.05, 3.63) is 83.7 Å². The summed E-state index contributed by atoms with van der Waals surface area (Å²) in [5, 5.41) is 12.5. The van der Waals surface area contributed by atoms with Gasteiger partial charge in [0.05, 0.1) is 31.1 Å². The Labute approximate surface area is 195 Å². The third kappa shape index (κ3) is 5.50. The molecule has 4 atom stereocenters. The van der Waals surface area contributed by atoms with Crippen LogP contribution in [-0.2, 0) is 29.0 Å². The first-order valence-electron chi connectivity index (χ1n) is 11.9. The van der Waals surface area contributed by atoms with Gasteiger partial charge in [-0.1, -0.05) is 65.9 Å². The lowest BCUT2D eigenvalue weighted by Crippen LogP contribution is -2.41. The Kier molecular flexibility index (Phi) is 7.12. The van der Waals surface area contributed by atoms with Gasteiger partial charge in [0.25, 0.3) is 0 Å². The molecule has 0 aliphatic carbocycles. The van der Waals surface area contributed by atoms with E-state index < -0.39 is 0 Å². The zero-order chi connectivity index (χ0) is 22.5. The fraction of sp³-hybridized carbons (Fsp3) is 0.462. The second-order valence-corrected chi connectivity index (χ2v) is 9.16. The van der Waals surface area contributed by atoms with Gasteiger partial charge < -0.3 is 14.8 Å². The largest absolute Gasteiger partial charge is 0.371 e. The molecule has 0 saturated carbocycles. The second kappa shape index (κ2) is 10.6. The van der Waals surface area contributed by atoms with Crippen LogP contribution in [-0.4, -0.2) is 64.9 Å². The summed E-state index contributed by atoms with van der Waals surface area (Å²) in [4.78, 5) is 2.25. The van der Waals surface area contributed by atoms with Gasteiger partial charge in [0, 0.05) is 13.1 Å². The topological polar surface area (TPSA) is 64.4 Å². The predicted molar refractivity (Wildman–Crippen MR) is 127 cm³/mol. The first kappa shape index (κ1) is 22.2. The maximum absolute atomic E-state index is 6.15. The molecule has 0 amide bonds. The monoisotopic (exact) mass is 447 g/mol. The summed E-state index contributed by atoms with van der Waals surface area (Å²) in [6.45, 7) is 3.88. The maximum atomic E-state index is 6.15. The van der Waals surface area contributed by atoms with Gasteiger partial charge in [0.1, 0.15) is 18.2 Å². The van der Waals surface area contributed by atoms with Crippen LogP contribution in [0.25, 0.3) is 0 Å². The van der Waals surface area contributed by atoms with Crippen molar-refractivity contribution in [2.24, 2.45) is 0 Å². The van der Waals surface area contributed by atoms with Gasteiger partial charge in [-0.2, -0.15) is 0 Å². The van der Waals surface area contributed by atoms with E-state index in [9.17, 15) is 0 Å². The molecule has 33 heavy (non-hydrogen) atoms. The zero-order valence-corrected chi connectivity index (χ0v) is 19.2. The van der Waals surface area contributed by atoms with Gasteiger partial charge in [-0.3, -0.25) is 4.90 Å². The highest BCUT2D eigenvalue weighted by Crippen LogP contribution is 2.34. The summed E-state index contributed by atoms with van der Waals surface area (Å²) >= 11 is 0. The van der Waals surface area contributed by atoms with Crippen LogP contribution >= 0.6 is 0 Å². The molecule has 174 valence electrons. The molecular formula is C26H33N5O2. The summed E-state index contributed by atoms with van der Waals surface area (Å²) in [5.74, 6) is 0. The normalized spacial score (nSPS) is 24.4. The highest BCUT2D eigenvalue weighted by Gasteiger charge is 2.48. The molecule has 3 heterocycles. The molecule has 5 rings (SSSR count). The smallest absolute Gasteiger partial charge is 0.110 e. The number of nitrogens with zero attached hydrogens (tertiary/aromatic N) is 4. The molecule has 0 bridgehead atoms. The Morgan fingerprint density at radius 1 is 0.939 bits per heavy atom. The molecule has 0 unspecified atom stereocenters. The molecule has 2 saturated heterocycles. The fourth-order valence-electron chi connectivity index (χ4n) is 4.88. The highest BCUT2D eigenvalue weighted by molar-refractivity contribution is 5.15. The van der Waals surface area contributed by atoms with E-state index in [1.807, 2.05) is 16.9 Å². The van der Waals surface area contributed by atoms with E-state index in [1.165, 1.54) is 11.1 Å². The minimum Gasteiger partial charge on any atom is -0.371 e. The molecule has 2 aromatic carbocycles. The second-order valence-electron chi connectivity index (χ2n) is 9.16. The van der Waals surface area contributed by atoms with Crippen molar-refractivity contribution in [2.45, 2.75) is 50.2 Å². The minimum atomic E-state index is 0.0215. The molecule has 7 nitrogen and oxygen atoms in total. The van der Waals surface area contributed by atoms with E-state index in [-0.39, 0.29) is 24.3 Å². The summed E-state index contributed by atoms with van der Waals surface area (Å²) in [7, 11) is 2.11. The molecule has 0 spiro atoms. The predicted octanol–water partition coefficient (Wildman–Crippen LogP) is 2.84. The SMILES string of the molecule is CN(Cc1ccccc1)Cc1cn([C@@H]2CO[C@@H]3[C@@H]2OC[C@@H]3NCCCc2ccccc2)nn1. The Bertz CT molecular complexity index is 996. The van der Waals surface area contributed by atoms with Crippen LogP contribution in [0.1, 0.15) is 29.3 Å². The summed E-state index contributed by atoms with van der Waals surface area (Å²) in [6, 6.07) is 21.4. The van der Waals surface area contributed by atoms with Crippen LogP contribution in [0, 0.1) is 0 Å². The van der Waals surface area contributed by atoms with E-state index >= 15 is 0 Å². The molecule has 1 N–H and O–H groups in total. The molecule has 2 aliphatic rings. The van der Waals surface area contributed by atoms with E-state index in [0.717, 1.165) is 38.2 Å². The van der Waals surface area contributed by atoms with E-state index in [2.05, 4.69) is 82.2 Å². The average molecular weight is 448 g/mol. The Morgan fingerprint density at radius 2 is 1.67 bits per heavy atom. The highest BCUT2D eigenvalue weighted by atomic mass is 16.6. The summed E-state index contributed by atoms with van der Waals surface area (Å²) in [6.07, 6.45) is 4.32. The van der Waals surface area contributed by atoms with Crippen molar-refractivity contribution in [1.82, 2.24) is 25.2 Å². The third-order valence-corrected chi connectivity index (χ3v) is 6.54. The lowest BCUT2D eigenvalue weighted by molar-refractivity contribution is 0.0620. The number of ether oxygens (including phenoxy) is 2. The van der Waals surface area contributed by atoms with Crippen LogP contribution in [0.3, 0.4) is 0 Å². The van der Waals surface area contributed by atoms with Gasteiger partial charge in [-0.25, -0.2) is 4.68 Å². The lowest BCUT2D eigenvalue weighted by atomic mass is 10.1. The Morgan fingerprint density at radius 3 is 2.45 bits per heavy atom. The van der Waals surface area contributed by atoms with Gasteiger partial charge >= 0.3 is 0 Å². The quantitative estimate of drug-likeness (QED) is 0.482. The number of hydrogen-bond donors (Lipinski definition) is 1. The van der Waals surface area contributed by atoms with Gasteiger partial charge in [0.15, 0.2) is 0 Å². The van der Waals surface area contributed by atoms with Crippen LogP contribution in [0.2, 0.25) is 0 Å². The average Bonchev–Trinajstić information content (AvgIpc) is 3.55. The number of hydrogen-bond acceptors (Lipinski definition) is 6. The van der Waals surface area contributed by atoms with Crippen molar-refractivity contribution >= 4 is 0 Å². The van der Waals surface area contributed by atoms with Crippen LogP contribution < -0.4 is 5.32 Å². The lowest BCUT2D eigenvalue weighted by Gasteiger charge is -2.18. The molecule has 7 heteroatoms. The molecular weight excluding hydrogens is 414 g/mol. The van der Waals surface area contributed by atoms with Gasteiger partial charge in [-0.05, 0) is 37.6 Å². The number of aryl methyl sites for hydroxylation is 1. The standard InChI is InChI=1S/C26H33N5O2/c1-30(15-21-11-6-3-7-12-21)16-22-17-31(29-28-22)24-19-33-25-23(18-32-26(24)25)27-14-8-13-20-9-4-2-5-10-20/h2-7,9-12,17,23-27H,8,13-16,18-19H2,1H3/t23-,24+,25-,26+/m0/s1. The molecule has 3 aromatic rings. The van der Waals surface area contributed by atoms with E-state index in [4.69, 9.17) is 9.47 Å². The molecule has 2 aliphatic heterocycles. The minimum absolute atomic E-state index is 0.0215. The number of nitrogens with one attached hydrogen (secondary N) is 1. The molecule has 2 fully saturated rings. The van der Waals surface area contributed by atoms with Crippen LogP contribution in [0.5, 0.6) is 0 Å². The third-order valence-electron chi connectivity index (χ3n) is 6.54. The van der Waals surface area contributed by atoms with Crippen molar-refractivity contribution in [2.75, 3.05) is 26.8 Å². The first-order chi connectivity index (χ1) is 16.3. The van der Waals surface area contributed by atoms with E-state index in [0.29, 0.717) is 13.2 Å². The number of aromatic nitrogens is 3. The number of rotatable bonds is 10. The van der Waals surface area contributed by atoms with Crippen molar-refractivity contribution in [3.63, 3.8) is 0 Å². The molecule has 1 aromatic heterocycles. The molecule has 0 radical (unpaired) electrons. The van der Waals surface area contributed by atoms with Crippen molar-refractivity contribution < 1.29 is 9.47 Å².